The van der Waals surface area contributed by atoms with Gasteiger partial charge in [0.2, 0.25) is 0 Å². The van der Waals surface area contributed by atoms with Crippen LogP contribution in [-0.2, 0) is 15.9 Å². The molecular weight excluding hydrogens is 258 g/mol. The van der Waals surface area contributed by atoms with Crippen molar-refractivity contribution in [2.24, 2.45) is 5.16 Å². The molecule has 0 saturated heterocycles. The Balaban J connectivity index is 2.18. The van der Waals surface area contributed by atoms with Crippen LogP contribution in [0, 0.1) is 0 Å². The van der Waals surface area contributed by atoms with Crippen molar-refractivity contribution in [2.45, 2.75) is 19.8 Å². The average molecular weight is 281 g/mol. The molecular formula is C15H23NO4. The van der Waals surface area contributed by atoms with Crippen LogP contribution < -0.4 is 4.74 Å². The SMILES string of the molecule is COCCOCCCOc1ccc(C/C(C)=N/O)cc1. The zero-order valence-corrected chi connectivity index (χ0v) is 12.2. The molecule has 5 heteroatoms. The Morgan fingerprint density at radius 2 is 1.85 bits per heavy atom. The smallest absolute Gasteiger partial charge is 0.119 e. The first-order chi connectivity index (χ1) is 9.76. The van der Waals surface area contributed by atoms with E-state index in [0.29, 0.717) is 38.6 Å². The van der Waals surface area contributed by atoms with E-state index < -0.39 is 0 Å². The lowest BCUT2D eigenvalue weighted by molar-refractivity contribution is 0.0644. The second kappa shape index (κ2) is 10.2. The number of ether oxygens (including phenoxy) is 3. The molecule has 0 radical (unpaired) electrons. The summed E-state index contributed by atoms with van der Waals surface area (Å²) in [7, 11) is 1.66. The van der Waals surface area contributed by atoms with Gasteiger partial charge in [0.1, 0.15) is 5.75 Å². The third-order valence-electron chi connectivity index (χ3n) is 2.69. The molecule has 1 aromatic rings. The summed E-state index contributed by atoms with van der Waals surface area (Å²) >= 11 is 0. The van der Waals surface area contributed by atoms with Gasteiger partial charge in [-0.05, 0) is 24.6 Å². The standard InChI is InChI=1S/C15H23NO4/c1-13(16-17)12-14-4-6-15(7-5-14)20-9-3-8-19-11-10-18-2/h4-7,17H,3,8-12H2,1-2H3/b16-13+. The van der Waals surface area contributed by atoms with Gasteiger partial charge in [0.15, 0.2) is 0 Å². The van der Waals surface area contributed by atoms with E-state index >= 15 is 0 Å². The van der Waals surface area contributed by atoms with Crippen molar-refractivity contribution < 1.29 is 19.4 Å². The van der Waals surface area contributed by atoms with Crippen LogP contribution in [0.1, 0.15) is 18.9 Å². The molecule has 1 N–H and O–H groups in total. The van der Waals surface area contributed by atoms with Gasteiger partial charge < -0.3 is 19.4 Å². The molecule has 1 aromatic carbocycles. The van der Waals surface area contributed by atoms with Crippen LogP contribution in [0.5, 0.6) is 5.75 Å². The summed E-state index contributed by atoms with van der Waals surface area (Å²) in [5.41, 5.74) is 1.78. The molecule has 0 fully saturated rings. The first-order valence-corrected chi connectivity index (χ1v) is 6.72. The van der Waals surface area contributed by atoms with Crippen molar-refractivity contribution >= 4 is 5.71 Å². The topological polar surface area (TPSA) is 60.3 Å². The van der Waals surface area contributed by atoms with Crippen molar-refractivity contribution in [1.82, 2.24) is 0 Å². The number of oxime groups is 1. The maximum absolute atomic E-state index is 8.61. The highest BCUT2D eigenvalue weighted by Crippen LogP contribution is 2.13. The molecule has 0 heterocycles. The van der Waals surface area contributed by atoms with Crippen LogP contribution in [0.3, 0.4) is 0 Å². The monoisotopic (exact) mass is 281 g/mol. The first kappa shape index (κ1) is 16.5. The molecule has 0 saturated carbocycles. The van der Waals surface area contributed by atoms with E-state index in [0.717, 1.165) is 17.7 Å². The second-order valence-electron chi connectivity index (χ2n) is 4.46. The Hall–Kier alpha value is -1.59. The summed E-state index contributed by atoms with van der Waals surface area (Å²) in [6.07, 6.45) is 1.49. The number of nitrogens with zero attached hydrogens (tertiary/aromatic N) is 1. The van der Waals surface area contributed by atoms with Gasteiger partial charge in [0, 0.05) is 26.6 Å². The fourth-order valence-corrected chi connectivity index (χ4v) is 1.63. The van der Waals surface area contributed by atoms with Gasteiger partial charge in [-0.3, -0.25) is 0 Å². The maximum atomic E-state index is 8.61. The van der Waals surface area contributed by atoms with Crippen LogP contribution in [0.25, 0.3) is 0 Å². The van der Waals surface area contributed by atoms with E-state index in [9.17, 15) is 0 Å². The van der Waals surface area contributed by atoms with E-state index in [4.69, 9.17) is 19.4 Å². The zero-order valence-electron chi connectivity index (χ0n) is 12.2. The normalized spacial score (nSPS) is 11.6. The van der Waals surface area contributed by atoms with E-state index in [1.165, 1.54) is 0 Å². The molecule has 0 amide bonds. The van der Waals surface area contributed by atoms with Crippen LogP contribution >= 0.6 is 0 Å². The molecule has 0 aliphatic carbocycles. The summed E-state index contributed by atoms with van der Waals surface area (Å²) in [5, 5.41) is 11.8. The van der Waals surface area contributed by atoms with Crippen molar-refractivity contribution in [1.29, 1.82) is 0 Å². The van der Waals surface area contributed by atoms with Crippen molar-refractivity contribution in [3.8, 4) is 5.75 Å². The molecule has 0 unspecified atom stereocenters. The van der Waals surface area contributed by atoms with Gasteiger partial charge >= 0.3 is 0 Å². The Kier molecular flexibility index (Phi) is 8.42. The summed E-state index contributed by atoms with van der Waals surface area (Å²) in [5.74, 6) is 0.837. The van der Waals surface area contributed by atoms with Gasteiger partial charge in [-0.2, -0.15) is 0 Å². The number of rotatable bonds is 10. The lowest BCUT2D eigenvalue weighted by atomic mass is 10.1. The summed E-state index contributed by atoms with van der Waals surface area (Å²) in [6, 6.07) is 7.79. The lowest BCUT2D eigenvalue weighted by Gasteiger charge is -2.07. The zero-order chi connectivity index (χ0) is 14.6. The fraction of sp³-hybridized carbons (Fsp3) is 0.533. The Morgan fingerprint density at radius 3 is 2.50 bits per heavy atom. The molecule has 20 heavy (non-hydrogen) atoms. The van der Waals surface area contributed by atoms with Gasteiger partial charge in [-0.25, -0.2) is 0 Å². The van der Waals surface area contributed by atoms with Crippen molar-refractivity contribution in [2.75, 3.05) is 33.5 Å². The van der Waals surface area contributed by atoms with Crippen LogP contribution in [0.15, 0.2) is 29.4 Å². The van der Waals surface area contributed by atoms with Gasteiger partial charge in [0.05, 0.1) is 25.5 Å². The molecule has 1 rings (SSSR count). The first-order valence-electron chi connectivity index (χ1n) is 6.72. The predicted octanol–water partition coefficient (Wildman–Crippen LogP) is 2.51. The van der Waals surface area contributed by atoms with Crippen LogP contribution in [-0.4, -0.2) is 44.5 Å². The summed E-state index contributed by atoms with van der Waals surface area (Å²) in [4.78, 5) is 0. The highest BCUT2D eigenvalue weighted by Gasteiger charge is 1.98. The fourth-order valence-electron chi connectivity index (χ4n) is 1.63. The highest BCUT2D eigenvalue weighted by atomic mass is 16.5. The molecule has 0 aliphatic rings. The van der Waals surface area contributed by atoms with E-state index in [2.05, 4.69) is 5.16 Å². The molecule has 0 atom stereocenters. The van der Waals surface area contributed by atoms with E-state index in [1.54, 1.807) is 14.0 Å². The molecule has 0 aliphatic heterocycles. The second-order valence-corrected chi connectivity index (χ2v) is 4.46. The molecule has 5 nitrogen and oxygen atoms in total. The van der Waals surface area contributed by atoms with E-state index in [1.807, 2.05) is 24.3 Å². The molecule has 0 spiro atoms. The Labute approximate surface area is 120 Å². The number of benzene rings is 1. The van der Waals surface area contributed by atoms with Crippen LogP contribution in [0.4, 0.5) is 0 Å². The third-order valence-corrected chi connectivity index (χ3v) is 2.69. The largest absolute Gasteiger partial charge is 0.494 e. The lowest BCUT2D eigenvalue weighted by Crippen LogP contribution is -2.06. The minimum absolute atomic E-state index is 0.622. The van der Waals surface area contributed by atoms with Crippen molar-refractivity contribution in [3.63, 3.8) is 0 Å². The van der Waals surface area contributed by atoms with Gasteiger partial charge in [-0.1, -0.05) is 17.3 Å². The predicted molar refractivity (Wildman–Crippen MR) is 77.8 cm³/mol. The van der Waals surface area contributed by atoms with Gasteiger partial charge in [-0.15, -0.1) is 0 Å². The number of hydrogen-bond acceptors (Lipinski definition) is 5. The molecule has 0 bridgehead atoms. The third kappa shape index (κ3) is 7.11. The number of methoxy groups -OCH3 is 1. The summed E-state index contributed by atoms with van der Waals surface area (Å²) < 4.78 is 15.8. The molecule has 112 valence electrons. The Bertz CT molecular complexity index is 389. The van der Waals surface area contributed by atoms with E-state index in [-0.39, 0.29) is 0 Å². The quantitative estimate of drug-likeness (QED) is 0.310. The number of hydrogen-bond donors (Lipinski definition) is 1. The average Bonchev–Trinajstić information content (AvgIpc) is 2.48. The van der Waals surface area contributed by atoms with Gasteiger partial charge in [0.25, 0.3) is 0 Å². The maximum Gasteiger partial charge on any atom is 0.119 e. The summed E-state index contributed by atoms with van der Waals surface area (Å²) in [6.45, 7) is 4.33. The minimum Gasteiger partial charge on any atom is -0.494 e. The molecule has 0 aromatic heterocycles. The Morgan fingerprint density at radius 1 is 1.10 bits per heavy atom. The highest BCUT2D eigenvalue weighted by molar-refractivity contribution is 5.83. The minimum atomic E-state index is 0.622. The van der Waals surface area contributed by atoms with Crippen LogP contribution in [0.2, 0.25) is 0 Å². The van der Waals surface area contributed by atoms with Crippen molar-refractivity contribution in [3.05, 3.63) is 29.8 Å².